The topological polar surface area (TPSA) is 55.2 Å². The third kappa shape index (κ3) is 2.00. The van der Waals surface area contributed by atoms with Gasteiger partial charge in [-0.25, -0.2) is 0 Å². The van der Waals surface area contributed by atoms with Crippen molar-refractivity contribution in [3.05, 3.63) is 30.1 Å². The fourth-order valence-corrected chi connectivity index (χ4v) is 1.52. The maximum Gasteiger partial charge on any atom is 0.298 e. The van der Waals surface area contributed by atoms with Gasteiger partial charge >= 0.3 is 0 Å². The third-order valence-corrected chi connectivity index (χ3v) is 2.22. The first-order valence-corrected chi connectivity index (χ1v) is 4.78. The van der Waals surface area contributed by atoms with Crippen molar-refractivity contribution in [2.45, 2.75) is 6.92 Å². The molecule has 0 saturated heterocycles. The highest BCUT2D eigenvalue weighted by molar-refractivity contribution is 7.07. The molecule has 1 heterocycles. The highest BCUT2D eigenvalue weighted by atomic mass is 32.1. The van der Waals surface area contributed by atoms with Gasteiger partial charge in [0.05, 0.1) is 0 Å². The van der Waals surface area contributed by atoms with Crippen LogP contribution < -0.4 is 4.74 Å². The van der Waals surface area contributed by atoms with Gasteiger partial charge in [0.25, 0.3) is 5.19 Å². The molecule has 14 heavy (non-hydrogen) atoms. The lowest BCUT2D eigenvalue weighted by molar-refractivity contribution is 0.453. The highest BCUT2D eigenvalue weighted by Gasteiger charge is 2.02. The third-order valence-electron chi connectivity index (χ3n) is 1.53. The lowest BCUT2D eigenvalue weighted by atomic mass is 10.3. The molecule has 1 aromatic carbocycles. The van der Waals surface area contributed by atoms with E-state index in [2.05, 4.69) is 9.36 Å². The molecule has 0 aliphatic heterocycles. The molecule has 1 N–H and O–H groups in total. The van der Waals surface area contributed by atoms with E-state index in [1.54, 1.807) is 25.1 Å². The number of aromatic hydroxyl groups is 1. The summed E-state index contributed by atoms with van der Waals surface area (Å²) in [6, 6.07) is 6.56. The standard InChI is InChI=1S/C9H8N2O2S/c1-6-10-9(14-11-6)13-8-4-2-3-7(12)5-8/h2-5,12H,1H3. The second-order valence-electron chi connectivity index (χ2n) is 2.71. The Morgan fingerprint density at radius 2 is 2.29 bits per heavy atom. The summed E-state index contributed by atoms with van der Waals surface area (Å²) >= 11 is 1.19. The number of ether oxygens (including phenoxy) is 1. The van der Waals surface area contributed by atoms with E-state index in [-0.39, 0.29) is 5.75 Å². The molecular weight excluding hydrogens is 200 g/mol. The first-order valence-electron chi connectivity index (χ1n) is 4.01. The first-order chi connectivity index (χ1) is 6.74. The molecule has 0 bridgehead atoms. The van der Waals surface area contributed by atoms with Gasteiger partial charge in [-0.2, -0.15) is 9.36 Å². The number of aromatic nitrogens is 2. The Morgan fingerprint density at radius 1 is 1.43 bits per heavy atom. The van der Waals surface area contributed by atoms with Crippen LogP contribution in [0.4, 0.5) is 0 Å². The van der Waals surface area contributed by atoms with Crippen LogP contribution in [-0.4, -0.2) is 14.5 Å². The minimum atomic E-state index is 0.170. The van der Waals surface area contributed by atoms with Crippen molar-refractivity contribution in [2.75, 3.05) is 0 Å². The van der Waals surface area contributed by atoms with E-state index in [1.807, 2.05) is 0 Å². The van der Waals surface area contributed by atoms with Crippen molar-refractivity contribution >= 4 is 11.5 Å². The highest BCUT2D eigenvalue weighted by Crippen LogP contribution is 2.25. The number of aryl methyl sites for hydroxylation is 1. The van der Waals surface area contributed by atoms with E-state index in [1.165, 1.54) is 17.6 Å². The van der Waals surface area contributed by atoms with Crippen LogP contribution in [0.1, 0.15) is 5.82 Å². The number of rotatable bonds is 2. The Bertz CT molecular complexity index is 442. The van der Waals surface area contributed by atoms with Gasteiger partial charge in [0.15, 0.2) is 0 Å². The van der Waals surface area contributed by atoms with E-state index in [4.69, 9.17) is 4.74 Å². The van der Waals surface area contributed by atoms with Gasteiger partial charge in [-0.3, -0.25) is 0 Å². The summed E-state index contributed by atoms with van der Waals surface area (Å²) in [6.07, 6.45) is 0. The van der Waals surface area contributed by atoms with Crippen molar-refractivity contribution in [3.63, 3.8) is 0 Å². The Hall–Kier alpha value is -1.62. The summed E-state index contributed by atoms with van der Waals surface area (Å²) in [4.78, 5) is 4.04. The number of hydrogen-bond acceptors (Lipinski definition) is 5. The van der Waals surface area contributed by atoms with E-state index < -0.39 is 0 Å². The number of hydrogen-bond donors (Lipinski definition) is 1. The molecule has 0 unspecified atom stereocenters. The Kier molecular flexibility index (Phi) is 2.32. The lowest BCUT2D eigenvalue weighted by Gasteiger charge is -2.00. The largest absolute Gasteiger partial charge is 0.508 e. The predicted molar refractivity (Wildman–Crippen MR) is 52.8 cm³/mol. The van der Waals surface area contributed by atoms with E-state index >= 15 is 0 Å². The lowest BCUT2D eigenvalue weighted by Crippen LogP contribution is -1.82. The van der Waals surface area contributed by atoms with Crippen molar-refractivity contribution in [1.82, 2.24) is 9.36 Å². The summed E-state index contributed by atoms with van der Waals surface area (Å²) in [6.45, 7) is 1.80. The fraction of sp³-hybridized carbons (Fsp3) is 0.111. The van der Waals surface area contributed by atoms with Crippen molar-refractivity contribution in [3.8, 4) is 16.7 Å². The van der Waals surface area contributed by atoms with Crippen LogP contribution in [0.25, 0.3) is 0 Å². The predicted octanol–water partition coefficient (Wildman–Crippen LogP) is 2.34. The van der Waals surface area contributed by atoms with Crippen LogP contribution in [0.2, 0.25) is 0 Å². The van der Waals surface area contributed by atoms with Gasteiger partial charge in [-0.05, 0) is 19.1 Å². The van der Waals surface area contributed by atoms with Gasteiger partial charge < -0.3 is 9.84 Å². The fourth-order valence-electron chi connectivity index (χ4n) is 0.967. The molecule has 0 fully saturated rings. The second-order valence-corrected chi connectivity index (χ2v) is 3.42. The summed E-state index contributed by atoms with van der Waals surface area (Å²) < 4.78 is 9.34. The zero-order chi connectivity index (χ0) is 9.97. The Morgan fingerprint density at radius 3 is 2.93 bits per heavy atom. The summed E-state index contributed by atoms with van der Waals surface area (Å²) in [5.41, 5.74) is 0. The normalized spacial score (nSPS) is 10.1. The number of benzene rings is 1. The molecule has 0 atom stereocenters. The monoisotopic (exact) mass is 208 g/mol. The Balaban J connectivity index is 2.18. The molecule has 0 radical (unpaired) electrons. The molecule has 72 valence electrons. The number of phenolic OH excluding ortho intramolecular Hbond substituents is 1. The minimum absolute atomic E-state index is 0.170. The van der Waals surface area contributed by atoms with Gasteiger partial charge in [0.1, 0.15) is 17.3 Å². The summed E-state index contributed by atoms with van der Waals surface area (Å²) in [7, 11) is 0. The van der Waals surface area contributed by atoms with Crippen molar-refractivity contribution < 1.29 is 9.84 Å². The average molecular weight is 208 g/mol. The van der Waals surface area contributed by atoms with Crippen molar-refractivity contribution in [2.24, 2.45) is 0 Å². The molecule has 5 heteroatoms. The van der Waals surface area contributed by atoms with Crippen molar-refractivity contribution in [1.29, 1.82) is 0 Å². The summed E-state index contributed by atoms with van der Waals surface area (Å²) in [5.74, 6) is 1.41. The maximum atomic E-state index is 9.18. The SMILES string of the molecule is Cc1nsc(Oc2cccc(O)c2)n1. The van der Waals surface area contributed by atoms with Crippen LogP contribution in [0.5, 0.6) is 16.7 Å². The van der Waals surface area contributed by atoms with Gasteiger partial charge in [-0.1, -0.05) is 6.07 Å². The van der Waals surface area contributed by atoms with Crippen LogP contribution >= 0.6 is 11.5 Å². The molecule has 1 aromatic heterocycles. The zero-order valence-corrected chi connectivity index (χ0v) is 8.28. The number of nitrogens with zero attached hydrogens (tertiary/aromatic N) is 2. The summed E-state index contributed by atoms with van der Waals surface area (Å²) in [5, 5.41) is 9.66. The molecule has 2 aromatic rings. The quantitative estimate of drug-likeness (QED) is 0.823. The Labute approximate surface area is 85.0 Å². The molecule has 0 aliphatic carbocycles. The second kappa shape index (κ2) is 3.63. The van der Waals surface area contributed by atoms with Gasteiger partial charge in [-0.15, -0.1) is 0 Å². The molecule has 0 amide bonds. The number of phenols is 1. The van der Waals surface area contributed by atoms with E-state index in [9.17, 15) is 5.11 Å². The molecule has 4 nitrogen and oxygen atoms in total. The minimum Gasteiger partial charge on any atom is -0.508 e. The molecular formula is C9H8N2O2S. The van der Waals surface area contributed by atoms with Crippen LogP contribution in [0, 0.1) is 6.92 Å². The molecule has 0 saturated carbocycles. The first kappa shape index (κ1) is 8.96. The van der Waals surface area contributed by atoms with Gasteiger partial charge in [0, 0.05) is 17.6 Å². The zero-order valence-electron chi connectivity index (χ0n) is 7.47. The molecule has 0 spiro atoms. The van der Waals surface area contributed by atoms with Gasteiger partial charge in [0.2, 0.25) is 0 Å². The van der Waals surface area contributed by atoms with Crippen LogP contribution in [0.3, 0.4) is 0 Å². The van der Waals surface area contributed by atoms with E-state index in [0.29, 0.717) is 16.8 Å². The van der Waals surface area contributed by atoms with Crippen LogP contribution in [0.15, 0.2) is 24.3 Å². The maximum absolute atomic E-state index is 9.18. The van der Waals surface area contributed by atoms with Crippen LogP contribution in [-0.2, 0) is 0 Å². The van der Waals surface area contributed by atoms with E-state index in [0.717, 1.165) is 0 Å². The smallest absolute Gasteiger partial charge is 0.298 e. The molecule has 0 aliphatic rings. The average Bonchev–Trinajstić information content (AvgIpc) is 2.51. The molecule has 2 rings (SSSR count).